The topological polar surface area (TPSA) is 134 Å². The molecule has 158 valence electrons. The van der Waals surface area contributed by atoms with Crippen LogP contribution in [0.5, 0.6) is 0 Å². The van der Waals surface area contributed by atoms with Crippen molar-refractivity contribution < 1.29 is 33.8 Å². The number of carboxylic acid groups (broad SMARTS) is 1. The highest BCUT2D eigenvalue weighted by Gasteiger charge is 2.18. The number of rotatable bonds is 6. The van der Waals surface area contributed by atoms with Crippen molar-refractivity contribution in [3.05, 3.63) is 0 Å². The van der Waals surface area contributed by atoms with Crippen LogP contribution in [-0.4, -0.2) is 71.5 Å². The molecule has 0 fully saturated rings. The maximum Gasteiger partial charge on any atom is 0.407 e. The predicted molar refractivity (Wildman–Crippen MR) is 100 cm³/mol. The Balaban J connectivity index is 4.70. The molecule has 10 heteroatoms. The summed E-state index contributed by atoms with van der Waals surface area (Å²) in [6.45, 7) is 10.5. The van der Waals surface area contributed by atoms with Crippen LogP contribution in [0.2, 0.25) is 0 Å². The van der Waals surface area contributed by atoms with Gasteiger partial charge in [-0.15, -0.1) is 0 Å². The van der Waals surface area contributed by atoms with E-state index in [4.69, 9.17) is 14.6 Å². The van der Waals surface area contributed by atoms with Crippen molar-refractivity contribution in [3.63, 3.8) is 0 Å². The molecule has 0 saturated carbocycles. The minimum Gasteiger partial charge on any atom is -0.472 e. The summed E-state index contributed by atoms with van der Waals surface area (Å²) < 4.78 is 10.2. The highest BCUT2D eigenvalue weighted by molar-refractivity contribution is 6.00. The number of carbonyl (C=O) groups excluding carboxylic acids is 3. The SMILES string of the molecule is CC(C)(C)OC(=O)NCCN(CCNC(=O)OC(C)(C)C)C(=O)C#CC(=O)O. The van der Waals surface area contributed by atoms with Crippen LogP contribution < -0.4 is 10.6 Å². The average molecular weight is 399 g/mol. The van der Waals surface area contributed by atoms with Gasteiger partial charge in [0.1, 0.15) is 11.2 Å². The molecule has 0 aliphatic carbocycles. The Morgan fingerprint density at radius 3 is 1.54 bits per heavy atom. The molecule has 3 amide bonds. The monoisotopic (exact) mass is 399 g/mol. The van der Waals surface area contributed by atoms with Gasteiger partial charge in [0.05, 0.1) is 0 Å². The van der Waals surface area contributed by atoms with E-state index in [0.29, 0.717) is 0 Å². The van der Waals surface area contributed by atoms with Gasteiger partial charge in [0.2, 0.25) is 0 Å². The standard InChI is InChI=1S/C18H29N3O7/c1-17(2,3)27-15(25)19-9-11-21(13(22)7-8-14(23)24)12-10-20-16(26)28-18(4,5)6/h9-12H2,1-6H3,(H,19,25)(H,20,26)(H,23,24). The Kier molecular flexibility index (Phi) is 9.85. The number of alkyl carbamates (subject to hydrolysis) is 2. The van der Waals surface area contributed by atoms with Gasteiger partial charge in [-0.3, -0.25) is 4.79 Å². The fourth-order valence-corrected chi connectivity index (χ4v) is 1.72. The molecule has 0 aliphatic rings. The zero-order valence-corrected chi connectivity index (χ0v) is 17.2. The molecule has 0 spiro atoms. The summed E-state index contributed by atoms with van der Waals surface area (Å²) in [5.74, 6) is 1.53. The number of ether oxygens (including phenoxy) is 2. The number of carboxylic acids is 1. The Hall–Kier alpha value is -2.96. The normalized spacial score (nSPS) is 10.8. The summed E-state index contributed by atoms with van der Waals surface area (Å²) in [6, 6.07) is 0. The minimum absolute atomic E-state index is 0.0440. The molecule has 28 heavy (non-hydrogen) atoms. The van der Waals surface area contributed by atoms with Gasteiger partial charge in [0, 0.05) is 38.0 Å². The van der Waals surface area contributed by atoms with Crippen molar-refractivity contribution in [1.82, 2.24) is 15.5 Å². The van der Waals surface area contributed by atoms with Gasteiger partial charge in [0.15, 0.2) is 0 Å². The molecule has 0 aromatic carbocycles. The van der Waals surface area contributed by atoms with E-state index in [9.17, 15) is 19.2 Å². The van der Waals surface area contributed by atoms with Gasteiger partial charge >= 0.3 is 18.2 Å². The lowest BCUT2D eigenvalue weighted by Gasteiger charge is -2.23. The molecule has 10 nitrogen and oxygen atoms in total. The lowest BCUT2D eigenvalue weighted by Crippen LogP contribution is -2.43. The number of hydrogen-bond donors (Lipinski definition) is 3. The fourth-order valence-electron chi connectivity index (χ4n) is 1.72. The van der Waals surface area contributed by atoms with Crippen LogP contribution in [0.3, 0.4) is 0 Å². The van der Waals surface area contributed by atoms with Crippen molar-refractivity contribution in [2.45, 2.75) is 52.7 Å². The van der Waals surface area contributed by atoms with Crippen LogP contribution in [-0.2, 0) is 19.1 Å². The lowest BCUT2D eigenvalue weighted by molar-refractivity contribution is -0.131. The number of carbonyl (C=O) groups is 4. The number of aliphatic carboxylic acids is 1. The maximum absolute atomic E-state index is 12.1. The highest BCUT2D eigenvalue weighted by Crippen LogP contribution is 2.07. The predicted octanol–water partition coefficient (Wildman–Crippen LogP) is 0.952. The first-order valence-corrected chi connectivity index (χ1v) is 8.67. The molecule has 3 N–H and O–H groups in total. The molecule has 0 saturated heterocycles. The lowest BCUT2D eigenvalue weighted by atomic mass is 10.2. The summed E-state index contributed by atoms with van der Waals surface area (Å²) in [4.78, 5) is 47.1. The largest absolute Gasteiger partial charge is 0.472 e. The van der Waals surface area contributed by atoms with Crippen molar-refractivity contribution in [3.8, 4) is 11.8 Å². The van der Waals surface area contributed by atoms with Gasteiger partial charge in [-0.2, -0.15) is 0 Å². The van der Waals surface area contributed by atoms with Crippen LogP contribution in [0, 0.1) is 11.8 Å². The molecule has 0 aromatic heterocycles. The Morgan fingerprint density at radius 2 is 1.21 bits per heavy atom. The number of hydrogen-bond acceptors (Lipinski definition) is 6. The summed E-state index contributed by atoms with van der Waals surface area (Å²) in [6.07, 6.45) is -1.30. The zero-order chi connectivity index (χ0) is 22.0. The third-order valence-electron chi connectivity index (χ3n) is 2.66. The van der Waals surface area contributed by atoms with E-state index in [2.05, 4.69) is 10.6 Å². The Labute approximate surface area is 164 Å². The molecule has 0 radical (unpaired) electrons. The number of nitrogens with zero attached hydrogens (tertiary/aromatic N) is 1. The van der Waals surface area contributed by atoms with Gasteiger partial charge < -0.3 is 30.1 Å². The Morgan fingerprint density at radius 1 is 0.821 bits per heavy atom. The summed E-state index contributed by atoms with van der Waals surface area (Å²) >= 11 is 0. The van der Waals surface area contributed by atoms with Gasteiger partial charge in [0.25, 0.3) is 5.91 Å². The third kappa shape index (κ3) is 14.2. The van der Waals surface area contributed by atoms with Crippen LogP contribution in [0.25, 0.3) is 0 Å². The van der Waals surface area contributed by atoms with E-state index in [1.54, 1.807) is 47.5 Å². The average Bonchev–Trinajstić information content (AvgIpc) is 2.47. The molecular weight excluding hydrogens is 370 g/mol. The second-order valence-electron chi connectivity index (χ2n) is 7.70. The van der Waals surface area contributed by atoms with Crippen LogP contribution in [0.1, 0.15) is 41.5 Å². The van der Waals surface area contributed by atoms with Crippen molar-refractivity contribution in [2.75, 3.05) is 26.2 Å². The molecule has 0 aromatic rings. The first kappa shape index (κ1) is 25.0. The molecule has 0 unspecified atom stereocenters. The van der Waals surface area contributed by atoms with Gasteiger partial charge in [-0.05, 0) is 41.5 Å². The first-order chi connectivity index (χ1) is 12.7. The summed E-state index contributed by atoms with van der Waals surface area (Å²) in [5, 5.41) is 13.5. The number of nitrogens with one attached hydrogen (secondary N) is 2. The maximum atomic E-state index is 12.1. The second kappa shape index (κ2) is 11.0. The quantitative estimate of drug-likeness (QED) is 0.566. The number of amides is 3. The van der Waals surface area contributed by atoms with Crippen LogP contribution in [0.15, 0.2) is 0 Å². The molecule has 0 heterocycles. The van der Waals surface area contributed by atoms with Gasteiger partial charge in [-0.1, -0.05) is 0 Å². The molecule has 0 bridgehead atoms. The van der Waals surface area contributed by atoms with E-state index in [1.165, 1.54) is 4.90 Å². The Bertz CT molecular complexity index is 602. The van der Waals surface area contributed by atoms with E-state index in [-0.39, 0.29) is 26.2 Å². The smallest absolute Gasteiger partial charge is 0.407 e. The van der Waals surface area contributed by atoms with Crippen LogP contribution >= 0.6 is 0 Å². The zero-order valence-electron chi connectivity index (χ0n) is 17.2. The molecular formula is C18H29N3O7. The first-order valence-electron chi connectivity index (χ1n) is 8.67. The molecule has 0 rings (SSSR count). The van der Waals surface area contributed by atoms with E-state index in [0.717, 1.165) is 0 Å². The fraction of sp³-hybridized carbons (Fsp3) is 0.667. The van der Waals surface area contributed by atoms with Crippen molar-refractivity contribution in [1.29, 1.82) is 0 Å². The highest BCUT2D eigenvalue weighted by atomic mass is 16.6. The van der Waals surface area contributed by atoms with E-state index >= 15 is 0 Å². The van der Waals surface area contributed by atoms with Gasteiger partial charge in [-0.25, -0.2) is 14.4 Å². The molecule has 0 atom stereocenters. The van der Waals surface area contributed by atoms with E-state index < -0.39 is 35.3 Å². The minimum atomic E-state index is -1.44. The molecule has 0 aliphatic heterocycles. The van der Waals surface area contributed by atoms with Crippen molar-refractivity contribution in [2.24, 2.45) is 0 Å². The van der Waals surface area contributed by atoms with Crippen LogP contribution in [0.4, 0.5) is 9.59 Å². The summed E-state index contributed by atoms with van der Waals surface area (Å²) in [5.41, 5.74) is -1.33. The van der Waals surface area contributed by atoms with E-state index in [1.807, 2.05) is 5.92 Å². The summed E-state index contributed by atoms with van der Waals surface area (Å²) in [7, 11) is 0. The second-order valence-corrected chi connectivity index (χ2v) is 7.70. The third-order valence-corrected chi connectivity index (χ3v) is 2.66. The van der Waals surface area contributed by atoms with Crippen molar-refractivity contribution >= 4 is 24.1 Å².